The molecule has 8 heteroatoms. The van der Waals surface area contributed by atoms with Crippen LogP contribution in [0.5, 0.6) is 0 Å². The number of alkyl halides is 3. The second-order valence-electron chi connectivity index (χ2n) is 3.18. The predicted octanol–water partition coefficient (Wildman–Crippen LogP) is 1.48. The number of hydrogen-bond acceptors (Lipinski definition) is 2. The molecule has 1 rings (SSSR count). The average Bonchev–Trinajstić information content (AvgIpc) is 2.01. The first-order valence-electron chi connectivity index (χ1n) is 3.97. The second kappa shape index (κ2) is 3.65. The fourth-order valence-electron chi connectivity index (χ4n) is 1.41. The molecule has 0 spiro atoms. The summed E-state index contributed by atoms with van der Waals surface area (Å²) in [4.78, 5) is 0. The van der Waals surface area contributed by atoms with Crippen LogP contribution in [0.25, 0.3) is 0 Å². The molecule has 0 radical (unpaired) electrons. The molecule has 1 unspecified atom stereocenters. The Kier molecular flexibility index (Phi) is 3.05. The Balaban J connectivity index is 2.71. The minimum absolute atomic E-state index is 0.0350. The van der Waals surface area contributed by atoms with Crippen LogP contribution in [0.1, 0.15) is 12.8 Å². The second-order valence-corrected chi connectivity index (χ2v) is 4.52. The molecule has 1 aliphatic rings. The van der Waals surface area contributed by atoms with Crippen LogP contribution < -0.4 is 0 Å². The first-order valence-corrected chi connectivity index (χ1v) is 5.32. The normalized spacial score (nSPS) is 26.4. The Labute approximate surface area is 79.0 Å². The van der Waals surface area contributed by atoms with Crippen LogP contribution >= 0.6 is 0 Å². The van der Waals surface area contributed by atoms with Gasteiger partial charge < -0.3 is 0 Å². The topological polar surface area (TPSA) is 37.4 Å². The van der Waals surface area contributed by atoms with Crippen LogP contribution in [-0.2, 0) is 10.4 Å². The van der Waals surface area contributed by atoms with E-state index in [9.17, 15) is 25.5 Å². The third kappa shape index (κ3) is 2.81. The Morgan fingerprint density at radius 3 is 2.29 bits per heavy atom. The summed E-state index contributed by atoms with van der Waals surface area (Å²) in [6, 6.07) is 0. The third-order valence-corrected chi connectivity index (χ3v) is 3.10. The van der Waals surface area contributed by atoms with E-state index in [-0.39, 0.29) is 23.7 Å². The summed E-state index contributed by atoms with van der Waals surface area (Å²) in [5.41, 5.74) is 0. The van der Waals surface area contributed by atoms with Gasteiger partial charge in [0.05, 0.1) is 5.92 Å². The highest BCUT2D eigenvalue weighted by Gasteiger charge is 2.44. The van der Waals surface area contributed by atoms with Crippen LogP contribution in [0.4, 0.5) is 17.1 Å². The highest BCUT2D eigenvalue weighted by atomic mass is 32.3. The minimum Gasteiger partial charge on any atom is -0.177 e. The van der Waals surface area contributed by atoms with Crippen LogP contribution in [-0.4, -0.2) is 32.0 Å². The van der Waals surface area contributed by atoms with Gasteiger partial charge in [-0.15, -0.1) is 0 Å². The van der Waals surface area contributed by atoms with Crippen LogP contribution in [0.3, 0.4) is 0 Å². The van der Waals surface area contributed by atoms with Crippen LogP contribution in [0.2, 0.25) is 0 Å². The maximum Gasteiger partial charge on any atom is 0.393 e. The van der Waals surface area contributed by atoms with Gasteiger partial charge >= 0.3 is 16.6 Å². The zero-order chi connectivity index (χ0) is 11.0. The van der Waals surface area contributed by atoms with Crippen molar-refractivity contribution in [1.82, 2.24) is 4.31 Å². The predicted molar refractivity (Wildman–Crippen MR) is 40.4 cm³/mol. The SMILES string of the molecule is O=S(=O)(F)N1CCCC(C(F)(F)F)C1. The van der Waals surface area contributed by atoms with E-state index >= 15 is 0 Å². The van der Waals surface area contributed by atoms with Crippen molar-refractivity contribution >= 4 is 10.4 Å². The van der Waals surface area contributed by atoms with Crippen LogP contribution in [0.15, 0.2) is 0 Å². The smallest absolute Gasteiger partial charge is 0.177 e. The molecular weight excluding hydrogens is 226 g/mol. The molecule has 0 aromatic carbocycles. The highest BCUT2D eigenvalue weighted by Crippen LogP contribution is 2.33. The summed E-state index contributed by atoms with van der Waals surface area (Å²) in [6.07, 6.45) is -4.56. The maximum absolute atomic E-state index is 12.4. The van der Waals surface area contributed by atoms with Crippen molar-refractivity contribution in [3.63, 3.8) is 0 Å². The molecule has 1 atom stereocenters. The first-order chi connectivity index (χ1) is 6.21. The van der Waals surface area contributed by atoms with Gasteiger partial charge in [-0.1, -0.05) is 3.89 Å². The number of piperidine rings is 1. The van der Waals surface area contributed by atoms with Gasteiger partial charge in [-0.25, -0.2) is 0 Å². The van der Waals surface area contributed by atoms with Crippen molar-refractivity contribution in [1.29, 1.82) is 0 Å². The summed E-state index contributed by atoms with van der Waals surface area (Å²) in [5.74, 6) is -1.75. The first kappa shape index (κ1) is 11.7. The number of nitrogens with zero attached hydrogens (tertiary/aromatic N) is 1. The largest absolute Gasteiger partial charge is 0.393 e. The lowest BCUT2D eigenvalue weighted by Gasteiger charge is -2.30. The van der Waals surface area contributed by atoms with Gasteiger partial charge in [-0.2, -0.15) is 25.9 Å². The van der Waals surface area contributed by atoms with E-state index in [1.807, 2.05) is 0 Å². The standard InChI is InChI=1S/C6H9F4NO2S/c7-6(8,9)5-2-1-3-11(4-5)14(10,12)13/h5H,1-4H2. The summed E-state index contributed by atoms with van der Waals surface area (Å²) in [6.45, 7) is -0.978. The molecule has 0 aliphatic carbocycles. The summed E-state index contributed by atoms with van der Waals surface area (Å²) in [7, 11) is -4.99. The molecule has 0 bridgehead atoms. The van der Waals surface area contributed by atoms with E-state index in [4.69, 9.17) is 0 Å². The van der Waals surface area contributed by atoms with Gasteiger partial charge in [-0.3, -0.25) is 0 Å². The lowest BCUT2D eigenvalue weighted by molar-refractivity contribution is -0.182. The number of halogens is 4. The highest BCUT2D eigenvalue weighted by molar-refractivity contribution is 7.83. The van der Waals surface area contributed by atoms with Crippen molar-refractivity contribution in [3.8, 4) is 0 Å². The van der Waals surface area contributed by atoms with E-state index in [1.165, 1.54) is 0 Å². The summed E-state index contributed by atoms with van der Waals surface area (Å²) >= 11 is 0. The molecule has 14 heavy (non-hydrogen) atoms. The van der Waals surface area contributed by atoms with Crippen molar-refractivity contribution in [3.05, 3.63) is 0 Å². The lowest BCUT2D eigenvalue weighted by Crippen LogP contribution is -2.43. The lowest BCUT2D eigenvalue weighted by atomic mass is 9.99. The molecule has 3 nitrogen and oxygen atoms in total. The van der Waals surface area contributed by atoms with Gasteiger partial charge in [0.2, 0.25) is 0 Å². The van der Waals surface area contributed by atoms with Gasteiger partial charge in [0.1, 0.15) is 0 Å². The third-order valence-electron chi connectivity index (χ3n) is 2.16. The average molecular weight is 235 g/mol. The molecule has 1 fully saturated rings. The van der Waals surface area contributed by atoms with Crippen molar-refractivity contribution in [2.24, 2.45) is 5.92 Å². The summed E-state index contributed by atoms with van der Waals surface area (Å²) < 4.78 is 69.8. The molecule has 0 N–H and O–H groups in total. The van der Waals surface area contributed by atoms with E-state index in [0.29, 0.717) is 0 Å². The molecular formula is C6H9F4NO2S. The Morgan fingerprint density at radius 1 is 1.29 bits per heavy atom. The molecule has 0 aromatic heterocycles. The molecule has 1 heterocycles. The molecule has 1 saturated heterocycles. The zero-order valence-corrected chi connectivity index (χ0v) is 7.91. The van der Waals surface area contributed by atoms with Crippen molar-refractivity contribution in [2.75, 3.05) is 13.1 Å². The fraction of sp³-hybridized carbons (Fsp3) is 1.00. The molecule has 0 aromatic rings. The Morgan fingerprint density at radius 2 is 1.86 bits per heavy atom. The van der Waals surface area contributed by atoms with E-state index < -0.39 is 29.0 Å². The van der Waals surface area contributed by atoms with Gasteiger partial charge in [0.15, 0.2) is 0 Å². The summed E-state index contributed by atoms with van der Waals surface area (Å²) in [5, 5.41) is 0. The molecule has 0 amide bonds. The molecule has 84 valence electrons. The monoisotopic (exact) mass is 235 g/mol. The molecule has 1 aliphatic heterocycles. The Bertz CT molecular complexity index is 299. The fourth-order valence-corrected chi connectivity index (χ4v) is 2.11. The van der Waals surface area contributed by atoms with E-state index in [0.717, 1.165) is 0 Å². The quantitative estimate of drug-likeness (QED) is 0.510. The maximum atomic E-state index is 12.4. The van der Waals surface area contributed by atoms with Gasteiger partial charge in [-0.05, 0) is 12.8 Å². The van der Waals surface area contributed by atoms with Crippen LogP contribution in [0, 0.1) is 5.92 Å². The van der Waals surface area contributed by atoms with E-state index in [2.05, 4.69) is 0 Å². The Hall–Kier alpha value is -0.370. The minimum atomic E-state index is -4.99. The van der Waals surface area contributed by atoms with Gasteiger partial charge in [0, 0.05) is 13.1 Å². The molecule has 0 saturated carbocycles. The number of hydrogen-bond donors (Lipinski definition) is 0. The van der Waals surface area contributed by atoms with E-state index in [1.54, 1.807) is 0 Å². The number of rotatable bonds is 1. The van der Waals surface area contributed by atoms with Crippen molar-refractivity contribution < 1.29 is 25.5 Å². The van der Waals surface area contributed by atoms with Gasteiger partial charge in [0.25, 0.3) is 0 Å². The zero-order valence-electron chi connectivity index (χ0n) is 7.09. The van der Waals surface area contributed by atoms with Crippen molar-refractivity contribution in [2.45, 2.75) is 19.0 Å².